The van der Waals surface area contributed by atoms with Gasteiger partial charge < -0.3 is 26.2 Å². The van der Waals surface area contributed by atoms with E-state index in [4.69, 9.17) is 5.73 Å². The summed E-state index contributed by atoms with van der Waals surface area (Å²) in [7, 11) is 0. The van der Waals surface area contributed by atoms with Gasteiger partial charge in [0.2, 0.25) is 0 Å². The van der Waals surface area contributed by atoms with Crippen LogP contribution in [0.1, 0.15) is 24.8 Å². The standard InChI is InChI=1S/C19H33N5/c1-16-13-17(5-6-19(16)20)24(18-14-21-7-8-22-15-18)12-4-11-23-9-2-3-10-23/h5-6,13,18,21-22H,2-4,7-12,14-15,20H2,1H3. The van der Waals surface area contributed by atoms with Crippen molar-refractivity contribution in [3.8, 4) is 0 Å². The van der Waals surface area contributed by atoms with Crippen molar-refractivity contribution in [2.24, 2.45) is 0 Å². The van der Waals surface area contributed by atoms with Gasteiger partial charge in [-0.25, -0.2) is 0 Å². The van der Waals surface area contributed by atoms with Crippen molar-refractivity contribution in [2.75, 3.05) is 63.0 Å². The van der Waals surface area contributed by atoms with E-state index in [0.29, 0.717) is 6.04 Å². The van der Waals surface area contributed by atoms with Crippen molar-refractivity contribution in [1.29, 1.82) is 0 Å². The van der Waals surface area contributed by atoms with Crippen LogP contribution in [0, 0.1) is 6.92 Å². The maximum absolute atomic E-state index is 6.03. The van der Waals surface area contributed by atoms with E-state index in [1.165, 1.54) is 50.1 Å². The molecule has 5 nitrogen and oxygen atoms in total. The fourth-order valence-corrected chi connectivity index (χ4v) is 3.84. The van der Waals surface area contributed by atoms with Crippen LogP contribution >= 0.6 is 0 Å². The summed E-state index contributed by atoms with van der Waals surface area (Å²) in [6.45, 7) is 11.2. The molecule has 24 heavy (non-hydrogen) atoms. The highest BCUT2D eigenvalue weighted by atomic mass is 15.2. The fraction of sp³-hybridized carbons (Fsp3) is 0.684. The predicted octanol–water partition coefficient (Wildman–Crippen LogP) is 1.43. The Bertz CT molecular complexity index is 504. The van der Waals surface area contributed by atoms with E-state index in [0.717, 1.165) is 38.4 Å². The van der Waals surface area contributed by atoms with Crippen LogP contribution in [0.15, 0.2) is 18.2 Å². The number of anilines is 2. The lowest BCUT2D eigenvalue weighted by molar-refractivity contribution is 0.332. The smallest absolute Gasteiger partial charge is 0.0539 e. The summed E-state index contributed by atoms with van der Waals surface area (Å²) in [5, 5.41) is 7.13. The molecular formula is C19H33N5. The first-order chi connectivity index (χ1) is 11.7. The second kappa shape index (κ2) is 8.70. The number of hydrogen-bond donors (Lipinski definition) is 3. The Labute approximate surface area is 146 Å². The van der Waals surface area contributed by atoms with Crippen molar-refractivity contribution >= 4 is 11.4 Å². The summed E-state index contributed by atoms with van der Waals surface area (Å²) in [4.78, 5) is 5.18. The number of nitrogens with two attached hydrogens (primary N) is 1. The number of rotatable bonds is 6. The van der Waals surface area contributed by atoms with Gasteiger partial charge in [-0.3, -0.25) is 0 Å². The molecular weight excluding hydrogens is 298 g/mol. The molecule has 0 aromatic heterocycles. The zero-order valence-corrected chi connectivity index (χ0v) is 15.1. The summed E-state index contributed by atoms with van der Waals surface area (Å²) >= 11 is 0. The molecule has 2 aliphatic rings. The van der Waals surface area contributed by atoms with Crippen LogP contribution in [-0.4, -0.2) is 63.3 Å². The van der Waals surface area contributed by atoms with Crippen molar-refractivity contribution in [3.63, 3.8) is 0 Å². The van der Waals surface area contributed by atoms with Gasteiger partial charge in [-0.05, 0) is 69.6 Å². The molecule has 1 aromatic carbocycles. The monoisotopic (exact) mass is 331 g/mol. The van der Waals surface area contributed by atoms with Crippen molar-refractivity contribution in [2.45, 2.75) is 32.2 Å². The molecule has 134 valence electrons. The molecule has 0 radical (unpaired) electrons. The Morgan fingerprint density at radius 3 is 2.54 bits per heavy atom. The van der Waals surface area contributed by atoms with Gasteiger partial charge in [0.25, 0.3) is 0 Å². The van der Waals surface area contributed by atoms with Crippen LogP contribution in [-0.2, 0) is 0 Å². The molecule has 0 bridgehead atoms. The van der Waals surface area contributed by atoms with E-state index < -0.39 is 0 Å². The highest BCUT2D eigenvalue weighted by Crippen LogP contribution is 2.23. The first-order valence-electron chi connectivity index (χ1n) is 9.50. The molecule has 0 unspecified atom stereocenters. The lowest BCUT2D eigenvalue weighted by atomic mass is 10.1. The quantitative estimate of drug-likeness (QED) is 0.689. The van der Waals surface area contributed by atoms with E-state index in [9.17, 15) is 0 Å². The molecule has 0 aliphatic carbocycles. The van der Waals surface area contributed by atoms with E-state index in [1.807, 2.05) is 0 Å². The van der Waals surface area contributed by atoms with Crippen LogP contribution in [0.5, 0.6) is 0 Å². The number of nitrogen functional groups attached to an aromatic ring is 1. The van der Waals surface area contributed by atoms with Gasteiger partial charge in [0.1, 0.15) is 0 Å². The summed E-state index contributed by atoms with van der Waals surface area (Å²) in [6, 6.07) is 6.98. The van der Waals surface area contributed by atoms with E-state index >= 15 is 0 Å². The summed E-state index contributed by atoms with van der Waals surface area (Å²) in [5.41, 5.74) is 9.38. The van der Waals surface area contributed by atoms with E-state index in [-0.39, 0.29) is 0 Å². The molecule has 2 fully saturated rings. The summed E-state index contributed by atoms with van der Waals surface area (Å²) in [5.74, 6) is 0. The Morgan fingerprint density at radius 1 is 1.17 bits per heavy atom. The minimum atomic E-state index is 0.495. The topological polar surface area (TPSA) is 56.6 Å². The maximum atomic E-state index is 6.03. The zero-order valence-electron chi connectivity index (χ0n) is 15.1. The van der Waals surface area contributed by atoms with Gasteiger partial charge in [-0.2, -0.15) is 0 Å². The third kappa shape index (κ3) is 4.62. The molecule has 3 rings (SSSR count). The van der Waals surface area contributed by atoms with Crippen LogP contribution in [0.3, 0.4) is 0 Å². The molecule has 2 heterocycles. The van der Waals surface area contributed by atoms with Gasteiger partial charge in [0.15, 0.2) is 0 Å². The highest BCUT2D eigenvalue weighted by molar-refractivity contribution is 5.58. The van der Waals surface area contributed by atoms with Crippen LogP contribution in [0.2, 0.25) is 0 Å². The van der Waals surface area contributed by atoms with Gasteiger partial charge in [-0.1, -0.05) is 0 Å². The van der Waals surface area contributed by atoms with Crippen LogP contribution in [0.4, 0.5) is 11.4 Å². The SMILES string of the molecule is Cc1cc(N(CCCN2CCCC2)C2CNCCNC2)ccc1N. The lowest BCUT2D eigenvalue weighted by Crippen LogP contribution is -2.46. The number of aryl methyl sites for hydroxylation is 1. The summed E-state index contributed by atoms with van der Waals surface area (Å²) < 4.78 is 0. The molecule has 0 atom stereocenters. The first kappa shape index (κ1) is 17.5. The molecule has 0 amide bonds. The third-order valence-electron chi connectivity index (χ3n) is 5.34. The maximum Gasteiger partial charge on any atom is 0.0539 e. The molecule has 0 saturated carbocycles. The number of hydrogen-bond acceptors (Lipinski definition) is 5. The molecule has 5 heteroatoms. The van der Waals surface area contributed by atoms with Gasteiger partial charge in [0.05, 0.1) is 6.04 Å². The molecule has 0 spiro atoms. The van der Waals surface area contributed by atoms with Gasteiger partial charge in [0, 0.05) is 44.1 Å². The Balaban J connectivity index is 1.67. The minimum absolute atomic E-state index is 0.495. The number of likely N-dealkylation sites (tertiary alicyclic amines) is 1. The number of nitrogens with one attached hydrogen (secondary N) is 2. The molecule has 4 N–H and O–H groups in total. The Kier molecular flexibility index (Phi) is 6.35. The second-order valence-corrected chi connectivity index (χ2v) is 7.20. The van der Waals surface area contributed by atoms with Crippen molar-refractivity contribution < 1.29 is 0 Å². The largest absolute Gasteiger partial charge is 0.399 e. The van der Waals surface area contributed by atoms with Crippen LogP contribution in [0.25, 0.3) is 0 Å². The van der Waals surface area contributed by atoms with E-state index in [1.54, 1.807) is 0 Å². The second-order valence-electron chi connectivity index (χ2n) is 7.20. The number of benzene rings is 1. The molecule has 1 aromatic rings. The zero-order chi connectivity index (χ0) is 16.8. The first-order valence-corrected chi connectivity index (χ1v) is 9.50. The third-order valence-corrected chi connectivity index (χ3v) is 5.34. The highest BCUT2D eigenvalue weighted by Gasteiger charge is 2.21. The Hall–Kier alpha value is -1.30. The predicted molar refractivity (Wildman–Crippen MR) is 103 cm³/mol. The van der Waals surface area contributed by atoms with Crippen molar-refractivity contribution in [3.05, 3.63) is 23.8 Å². The van der Waals surface area contributed by atoms with E-state index in [2.05, 4.69) is 45.6 Å². The van der Waals surface area contributed by atoms with Crippen molar-refractivity contribution in [1.82, 2.24) is 15.5 Å². The average molecular weight is 332 g/mol. The normalized spacial score (nSPS) is 20.2. The van der Waals surface area contributed by atoms with Crippen LogP contribution < -0.4 is 21.3 Å². The fourth-order valence-electron chi connectivity index (χ4n) is 3.84. The molecule has 2 saturated heterocycles. The lowest BCUT2D eigenvalue weighted by Gasteiger charge is -2.34. The number of nitrogens with zero attached hydrogens (tertiary/aromatic N) is 2. The minimum Gasteiger partial charge on any atom is -0.399 e. The average Bonchev–Trinajstić information content (AvgIpc) is 2.95. The Morgan fingerprint density at radius 2 is 1.88 bits per heavy atom. The summed E-state index contributed by atoms with van der Waals surface area (Å²) in [6.07, 6.45) is 3.97. The molecule has 2 aliphatic heterocycles. The van der Waals surface area contributed by atoms with Gasteiger partial charge >= 0.3 is 0 Å². The van der Waals surface area contributed by atoms with Gasteiger partial charge in [-0.15, -0.1) is 0 Å².